The maximum Gasteiger partial charge on any atom is 0.426 e. The van der Waals surface area contributed by atoms with Crippen LogP contribution in [-0.4, -0.2) is 35.2 Å². The second-order valence-electron chi connectivity index (χ2n) is 6.25. The molecule has 0 aliphatic rings. The van der Waals surface area contributed by atoms with E-state index < -0.39 is 34.2 Å². The van der Waals surface area contributed by atoms with Gasteiger partial charge in [0, 0.05) is 21.9 Å². The van der Waals surface area contributed by atoms with Gasteiger partial charge in [-0.1, -0.05) is 23.4 Å². The Hall–Kier alpha value is -2.30. The van der Waals surface area contributed by atoms with Crippen LogP contribution in [0.25, 0.3) is 0 Å². The summed E-state index contributed by atoms with van der Waals surface area (Å²) >= 11 is 6.82. The number of alkyl halides is 3. The van der Waals surface area contributed by atoms with Crippen LogP contribution in [0.15, 0.2) is 46.2 Å². The van der Waals surface area contributed by atoms with E-state index in [4.69, 9.17) is 11.6 Å². The van der Waals surface area contributed by atoms with Crippen molar-refractivity contribution >= 4 is 40.9 Å². The SMILES string of the molecule is CCNC(=O)c1ccc(Sc2ccc(NC(=O)[C@@](C)(O)C(F)(F)F)c(Cl)c2F)cc1. The molecule has 0 fully saturated rings. The van der Waals surface area contributed by atoms with Gasteiger partial charge in [0.15, 0.2) is 5.82 Å². The molecule has 0 saturated carbocycles. The Kier molecular flexibility index (Phi) is 7.38. The first-order chi connectivity index (χ1) is 13.9. The van der Waals surface area contributed by atoms with Gasteiger partial charge < -0.3 is 15.7 Å². The topological polar surface area (TPSA) is 78.4 Å². The first-order valence-corrected chi connectivity index (χ1v) is 9.72. The third kappa shape index (κ3) is 5.24. The molecule has 0 aromatic heterocycles. The van der Waals surface area contributed by atoms with Crippen LogP contribution in [0.2, 0.25) is 5.02 Å². The number of anilines is 1. The Labute approximate surface area is 178 Å². The predicted molar refractivity (Wildman–Crippen MR) is 105 cm³/mol. The minimum Gasteiger partial charge on any atom is -0.373 e. The highest BCUT2D eigenvalue weighted by Crippen LogP contribution is 2.37. The maximum absolute atomic E-state index is 14.6. The van der Waals surface area contributed by atoms with Gasteiger partial charge in [-0.15, -0.1) is 0 Å². The minimum absolute atomic E-state index is 0.0475. The Bertz CT molecular complexity index is 950. The second-order valence-corrected chi connectivity index (χ2v) is 7.74. The van der Waals surface area contributed by atoms with Crippen molar-refractivity contribution in [2.45, 2.75) is 35.4 Å². The second kappa shape index (κ2) is 9.23. The van der Waals surface area contributed by atoms with Crippen LogP contribution >= 0.6 is 23.4 Å². The molecule has 162 valence electrons. The summed E-state index contributed by atoms with van der Waals surface area (Å²) in [6.45, 7) is 2.53. The van der Waals surface area contributed by atoms with E-state index in [1.807, 2.05) is 0 Å². The Morgan fingerprint density at radius 2 is 1.73 bits per heavy atom. The monoisotopic (exact) mass is 464 g/mol. The van der Waals surface area contributed by atoms with E-state index in [1.165, 1.54) is 6.07 Å². The number of carbonyl (C=O) groups is 2. The van der Waals surface area contributed by atoms with Gasteiger partial charge in [-0.3, -0.25) is 9.59 Å². The standard InChI is InChI=1S/C19H17ClF4N2O3S/c1-3-25-16(27)10-4-6-11(7-5-10)30-13-9-8-12(14(20)15(13)21)26-17(28)18(2,29)19(22,23)24/h4-9,29H,3H2,1-2H3,(H,25,27)(H,26,28)/t18-/m1/s1. The molecule has 3 N–H and O–H groups in total. The van der Waals surface area contributed by atoms with E-state index in [0.717, 1.165) is 17.8 Å². The van der Waals surface area contributed by atoms with Gasteiger partial charge in [0.25, 0.3) is 11.8 Å². The lowest BCUT2D eigenvalue weighted by Crippen LogP contribution is -2.52. The molecule has 0 heterocycles. The summed E-state index contributed by atoms with van der Waals surface area (Å²) in [5, 5.41) is 13.2. The van der Waals surface area contributed by atoms with Crippen molar-refractivity contribution in [2.75, 3.05) is 11.9 Å². The molecule has 2 amide bonds. The first kappa shape index (κ1) is 24.0. The molecule has 0 aliphatic carbocycles. The lowest BCUT2D eigenvalue weighted by molar-refractivity contribution is -0.242. The van der Waals surface area contributed by atoms with Crippen molar-refractivity contribution < 1.29 is 32.3 Å². The van der Waals surface area contributed by atoms with Crippen molar-refractivity contribution in [2.24, 2.45) is 0 Å². The average molecular weight is 465 g/mol. The van der Waals surface area contributed by atoms with Crippen LogP contribution in [0.1, 0.15) is 24.2 Å². The lowest BCUT2D eigenvalue weighted by atomic mass is 10.1. The number of rotatable bonds is 6. The number of benzene rings is 2. The van der Waals surface area contributed by atoms with E-state index in [2.05, 4.69) is 5.32 Å². The molecule has 0 radical (unpaired) electrons. The molecule has 2 aromatic carbocycles. The van der Waals surface area contributed by atoms with Crippen molar-refractivity contribution in [1.82, 2.24) is 5.32 Å². The molecule has 30 heavy (non-hydrogen) atoms. The predicted octanol–water partition coefficient (Wildman–Crippen LogP) is 4.63. The van der Waals surface area contributed by atoms with E-state index in [0.29, 0.717) is 17.0 Å². The Balaban J connectivity index is 2.19. The summed E-state index contributed by atoms with van der Waals surface area (Å²) in [4.78, 5) is 24.1. The first-order valence-electron chi connectivity index (χ1n) is 8.53. The fourth-order valence-electron chi connectivity index (χ4n) is 2.14. The van der Waals surface area contributed by atoms with Gasteiger partial charge in [-0.2, -0.15) is 13.2 Å². The zero-order valence-electron chi connectivity index (χ0n) is 15.7. The molecule has 1 atom stereocenters. The molecule has 2 aromatic rings. The molecule has 0 unspecified atom stereocenters. The lowest BCUT2D eigenvalue weighted by Gasteiger charge is -2.25. The van der Waals surface area contributed by atoms with E-state index in [1.54, 1.807) is 36.5 Å². The summed E-state index contributed by atoms with van der Waals surface area (Å²) < 4.78 is 52.8. The third-order valence-electron chi connectivity index (χ3n) is 3.97. The number of aliphatic hydroxyl groups is 1. The summed E-state index contributed by atoms with van der Waals surface area (Å²) in [7, 11) is 0. The minimum atomic E-state index is -5.22. The molecule has 2 rings (SSSR count). The normalized spacial score (nSPS) is 13.5. The summed E-state index contributed by atoms with van der Waals surface area (Å²) in [5.41, 5.74) is -3.67. The highest BCUT2D eigenvalue weighted by atomic mass is 35.5. The number of nitrogens with one attached hydrogen (secondary N) is 2. The smallest absolute Gasteiger partial charge is 0.373 e. The number of amides is 2. The largest absolute Gasteiger partial charge is 0.426 e. The van der Waals surface area contributed by atoms with Crippen LogP contribution in [0, 0.1) is 5.82 Å². The zero-order valence-corrected chi connectivity index (χ0v) is 17.3. The van der Waals surface area contributed by atoms with Crippen molar-refractivity contribution in [3.8, 4) is 0 Å². The van der Waals surface area contributed by atoms with Gasteiger partial charge in [0.05, 0.1) is 5.69 Å². The summed E-state index contributed by atoms with van der Waals surface area (Å²) in [5.74, 6) is -3.00. The van der Waals surface area contributed by atoms with Crippen LogP contribution in [0.4, 0.5) is 23.2 Å². The Morgan fingerprint density at radius 1 is 1.13 bits per heavy atom. The summed E-state index contributed by atoms with van der Waals surface area (Å²) in [6.07, 6.45) is -5.22. The molecule has 0 spiro atoms. The number of carbonyl (C=O) groups excluding carboxylic acids is 2. The van der Waals surface area contributed by atoms with Gasteiger partial charge >= 0.3 is 6.18 Å². The molecule has 5 nitrogen and oxygen atoms in total. The molecular formula is C19H17ClF4N2O3S. The van der Waals surface area contributed by atoms with Gasteiger partial charge in [0.2, 0.25) is 5.60 Å². The quantitative estimate of drug-likeness (QED) is 0.545. The highest BCUT2D eigenvalue weighted by molar-refractivity contribution is 7.99. The van der Waals surface area contributed by atoms with E-state index in [9.17, 15) is 32.3 Å². The Morgan fingerprint density at radius 3 is 2.27 bits per heavy atom. The van der Waals surface area contributed by atoms with Crippen LogP contribution in [0.5, 0.6) is 0 Å². The van der Waals surface area contributed by atoms with E-state index in [-0.39, 0.29) is 17.7 Å². The molecular weight excluding hydrogens is 448 g/mol. The van der Waals surface area contributed by atoms with E-state index >= 15 is 0 Å². The molecule has 0 bridgehead atoms. The van der Waals surface area contributed by atoms with Gasteiger partial charge in [-0.05, 0) is 50.2 Å². The average Bonchev–Trinajstić information content (AvgIpc) is 2.67. The zero-order chi connectivity index (χ0) is 22.7. The van der Waals surface area contributed by atoms with Gasteiger partial charge in [0.1, 0.15) is 5.02 Å². The summed E-state index contributed by atoms with van der Waals surface area (Å²) in [6, 6.07) is 8.65. The fraction of sp³-hybridized carbons (Fsp3) is 0.263. The number of halogens is 5. The van der Waals surface area contributed by atoms with Crippen molar-refractivity contribution in [3.05, 3.63) is 52.8 Å². The maximum atomic E-state index is 14.6. The number of hydrogen-bond donors (Lipinski definition) is 3. The molecule has 0 saturated heterocycles. The highest BCUT2D eigenvalue weighted by Gasteiger charge is 2.55. The van der Waals surface area contributed by atoms with Crippen LogP contribution in [0.3, 0.4) is 0 Å². The third-order valence-corrected chi connectivity index (χ3v) is 5.38. The van der Waals surface area contributed by atoms with Crippen molar-refractivity contribution in [1.29, 1.82) is 0 Å². The number of hydrogen-bond acceptors (Lipinski definition) is 4. The fourth-order valence-corrected chi connectivity index (χ4v) is 3.27. The van der Waals surface area contributed by atoms with Crippen molar-refractivity contribution in [3.63, 3.8) is 0 Å². The van der Waals surface area contributed by atoms with Gasteiger partial charge in [-0.25, -0.2) is 4.39 Å². The molecule has 0 aliphatic heterocycles. The molecule has 11 heteroatoms. The van der Waals surface area contributed by atoms with Crippen LogP contribution < -0.4 is 10.6 Å². The van der Waals surface area contributed by atoms with Crippen LogP contribution in [-0.2, 0) is 4.79 Å².